The summed E-state index contributed by atoms with van der Waals surface area (Å²) in [4.78, 5) is 6.40. The number of thiophene rings is 1. The number of fused-ring (bicyclic) bond motifs is 9. The molecule has 0 spiro atoms. The molecular formula is C63H58BN3S. The third-order valence-electron chi connectivity index (χ3n) is 14.7. The number of aromatic nitrogens is 1. The minimum absolute atomic E-state index is 0.0204. The number of aryl methyl sites for hydroxylation is 1. The first kappa shape index (κ1) is 42.5. The minimum atomic E-state index is -0.0344. The molecule has 0 saturated carbocycles. The van der Waals surface area contributed by atoms with E-state index in [1.54, 1.807) is 0 Å². The lowest BCUT2D eigenvalue weighted by atomic mass is 9.33. The quantitative estimate of drug-likeness (QED) is 0.160. The van der Waals surface area contributed by atoms with E-state index >= 15 is 0 Å². The summed E-state index contributed by atoms with van der Waals surface area (Å²) in [7, 11) is 0. The van der Waals surface area contributed by atoms with Crippen molar-refractivity contribution in [1.29, 1.82) is 0 Å². The molecule has 0 N–H and O–H groups in total. The Bertz CT molecular complexity index is 3570. The van der Waals surface area contributed by atoms with Gasteiger partial charge in [-0.2, -0.15) is 0 Å². The molecule has 68 heavy (non-hydrogen) atoms. The van der Waals surface area contributed by atoms with Gasteiger partial charge in [0.05, 0.1) is 11.2 Å². The summed E-state index contributed by atoms with van der Waals surface area (Å²) in [6.45, 7) is 23.0. The van der Waals surface area contributed by atoms with Gasteiger partial charge in [0, 0.05) is 60.5 Å². The monoisotopic (exact) mass is 899 g/mol. The Kier molecular flexibility index (Phi) is 9.44. The van der Waals surface area contributed by atoms with Crippen LogP contribution in [0.4, 0.5) is 34.1 Å². The second-order valence-corrected chi connectivity index (χ2v) is 23.4. The SMILES string of the molecule is Cc1cc2c3c(c1)-n1c4sc5ccccc5c4c4cccc(c41)B3c1ccc(N(c3ccc(C(C)(C)C)cc3)c3ccc(C(C)(C)C)cc3)cc1N2c1ccc(C(C)(C)C)cc1-c1ccccc1. The predicted octanol–water partition coefficient (Wildman–Crippen LogP) is 15.9. The Morgan fingerprint density at radius 1 is 0.471 bits per heavy atom. The largest absolute Gasteiger partial charge is 0.311 e. The summed E-state index contributed by atoms with van der Waals surface area (Å²) in [5.41, 5.74) is 21.3. The van der Waals surface area contributed by atoms with Gasteiger partial charge in [-0.1, -0.05) is 165 Å². The van der Waals surface area contributed by atoms with Crippen molar-refractivity contribution in [2.24, 2.45) is 0 Å². The summed E-state index contributed by atoms with van der Waals surface area (Å²) in [6, 6.07) is 65.0. The Balaban J connectivity index is 1.17. The van der Waals surface area contributed by atoms with Crippen LogP contribution in [-0.2, 0) is 16.2 Å². The van der Waals surface area contributed by atoms with Gasteiger partial charge in [0.2, 0.25) is 0 Å². The molecule has 8 aromatic carbocycles. The molecular weight excluding hydrogens is 842 g/mol. The van der Waals surface area contributed by atoms with Gasteiger partial charge in [0.1, 0.15) is 4.83 Å². The maximum absolute atomic E-state index is 2.62. The van der Waals surface area contributed by atoms with E-state index < -0.39 is 0 Å². The van der Waals surface area contributed by atoms with Crippen molar-refractivity contribution >= 4 is 99.8 Å². The molecule has 12 rings (SSSR count). The molecule has 0 bridgehead atoms. The Hall–Kier alpha value is -6.82. The summed E-state index contributed by atoms with van der Waals surface area (Å²) >= 11 is 1.92. The second-order valence-electron chi connectivity index (χ2n) is 22.4. The molecule has 5 heteroatoms. The minimum Gasteiger partial charge on any atom is -0.311 e. The van der Waals surface area contributed by atoms with E-state index in [1.807, 2.05) is 11.3 Å². The number of benzene rings is 8. The summed E-state index contributed by atoms with van der Waals surface area (Å²) < 4.78 is 3.95. The molecule has 334 valence electrons. The predicted molar refractivity (Wildman–Crippen MR) is 296 cm³/mol. The van der Waals surface area contributed by atoms with Crippen molar-refractivity contribution in [1.82, 2.24) is 4.57 Å². The first-order chi connectivity index (χ1) is 32.5. The van der Waals surface area contributed by atoms with Crippen LogP contribution in [0, 0.1) is 6.92 Å². The van der Waals surface area contributed by atoms with Gasteiger partial charge in [-0.25, -0.2) is 0 Å². The summed E-state index contributed by atoms with van der Waals surface area (Å²) in [6.07, 6.45) is 0. The van der Waals surface area contributed by atoms with Crippen LogP contribution < -0.4 is 26.2 Å². The summed E-state index contributed by atoms with van der Waals surface area (Å²) in [5.74, 6) is 0. The topological polar surface area (TPSA) is 11.4 Å². The number of nitrogens with zero attached hydrogens (tertiary/aromatic N) is 3. The molecule has 0 saturated heterocycles. The smallest absolute Gasteiger partial charge is 0.252 e. The average Bonchev–Trinajstić information content (AvgIpc) is 3.85. The van der Waals surface area contributed by atoms with Crippen molar-refractivity contribution in [3.63, 3.8) is 0 Å². The van der Waals surface area contributed by atoms with Gasteiger partial charge in [-0.05, 0) is 134 Å². The maximum atomic E-state index is 2.62. The number of anilines is 6. The lowest BCUT2D eigenvalue weighted by molar-refractivity contribution is 0.590. The highest BCUT2D eigenvalue weighted by Gasteiger charge is 2.43. The fourth-order valence-electron chi connectivity index (χ4n) is 11.1. The van der Waals surface area contributed by atoms with Gasteiger partial charge >= 0.3 is 0 Å². The van der Waals surface area contributed by atoms with E-state index in [4.69, 9.17) is 0 Å². The number of rotatable bonds is 5. The van der Waals surface area contributed by atoms with Crippen molar-refractivity contribution < 1.29 is 0 Å². The molecule has 2 aliphatic rings. The second kappa shape index (κ2) is 15.1. The van der Waals surface area contributed by atoms with Crippen LogP contribution in [0.5, 0.6) is 0 Å². The third-order valence-corrected chi connectivity index (χ3v) is 15.9. The maximum Gasteiger partial charge on any atom is 0.252 e. The number of hydrogen-bond donors (Lipinski definition) is 0. The molecule has 10 aromatic rings. The lowest BCUT2D eigenvalue weighted by Crippen LogP contribution is -2.60. The van der Waals surface area contributed by atoms with E-state index in [1.165, 1.54) is 104 Å². The van der Waals surface area contributed by atoms with Crippen LogP contribution in [0.25, 0.3) is 48.0 Å². The van der Waals surface area contributed by atoms with Gasteiger partial charge in [-0.15, -0.1) is 11.3 Å². The van der Waals surface area contributed by atoms with Crippen molar-refractivity contribution in [3.8, 4) is 16.8 Å². The van der Waals surface area contributed by atoms with Crippen LogP contribution in [0.3, 0.4) is 0 Å². The zero-order chi connectivity index (χ0) is 47.0. The first-order valence-electron chi connectivity index (χ1n) is 24.3. The van der Waals surface area contributed by atoms with Crippen LogP contribution in [0.2, 0.25) is 0 Å². The molecule has 0 aliphatic carbocycles. The highest BCUT2D eigenvalue weighted by Crippen LogP contribution is 2.49. The molecule has 0 unspecified atom stereocenters. The van der Waals surface area contributed by atoms with E-state index in [9.17, 15) is 0 Å². The molecule has 4 heterocycles. The Morgan fingerprint density at radius 2 is 1.06 bits per heavy atom. The van der Waals surface area contributed by atoms with Gasteiger partial charge in [-0.3, -0.25) is 0 Å². The Labute approximate surface area is 406 Å². The van der Waals surface area contributed by atoms with Crippen molar-refractivity contribution in [3.05, 3.63) is 192 Å². The number of para-hydroxylation sites is 1. The van der Waals surface area contributed by atoms with E-state index in [0.29, 0.717) is 0 Å². The molecule has 2 aromatic heterocycles. The molecule has 2 aliphatic heterocycles. The standard InChI is InChI=1S/C63H58BN3S/c1-39-35-54-58-55(36-39)67-59-48(57-47-19-14-15-22-56(47)68-60(57)67)20-16-21-51(59)64(58)50-33-32-46(38-53(50)66(54)52-34-27-43(63(8,9)10)37-49(52)40-17-12-11-13-18-40)65(44-28-23-41(24-29-44)61(2,3)4)45-30-25-42(26-31-45)62(5,6)7/h11-38H,1-10H3. The van der Waals surface area contributed by atoms with E-state index in [0.717, 1.165) is 17.1 Å². The zero-order valence-electron chi connectivity index (χ0n) is 41.0. The van der Waals surface area contributed by atoms with Crippen molar-refractivity contribution in [2.75, 3.05) is 9.80 Å². The molecule has 3 nitrogen and oxygen atoms in total. The molecule has 0 radical (unpaired) electrons. The molecule has 0 amide bonds. The highest BCUT2D eigenvalue weighted by molar-refractivity contribution is 7.26. The number of hydrogen-bond acceptors (Lipinski definition) is 3. The van der Waals surface area contributed by atoms with E-state index in [-0.39, 0.29) is 23.0 Å². The van der Waals surface area contributed by atoms with Crippen LogP contribution in [0.1, 0.15) is 84.6 Å². The Morgan fingerprint density at radius 3 is 1.72 bits per heavy atom. The third kappa shape index (κ3) is 6.60. The highest BCUT2D eigenvalue weighted by atomic mass is 32.1. The molecule has 0 atom stereocenters. The van der Waals surface area contributed by atoms with Crippen LogP contribution in [-0.4, -0.2) is 11.3 Å². The van der Waals surface area contributed by atoms with E-state index in [2.05, 4.69) is 253 Å². The average molecular weight is 900 g/mol. The van der Waals surface area contributed by atoms with Gasteiger partial charge < -0.3 is 14.4 Å². The van der Waals surface area contributed by atoms with Crippen molar-refractivity contribution in [2.45, 2.75) is 85.5 Å². The summed E-state index contributed by atoms with van der Waals surface area (Å²) in [5, 5.41) is 4.02. The fraction of sp³-hybridized carbons (Fsp3) is 0.206. The first-order valence-corrected chi connectivity index (χ1v) is 25.1. The van der Waals surface area contributed by atoms with Crippen LogP contribution in [0.15, 0.2) is 170 Å². The van der Waals surface area contributed by atoms with Gasteiger partial charge in [0.15, 0.2) is 0 Å². The lowest BCUT2D eigenvalue weighted by Gasteiger charge is -2.42. The fourth-order valence-corrected chi connectivity index (χ4v) is 12.4. The van der Waals surface area contributed by atoms with Crippen LogP contribution >= 0.6 is 11.3 Å². The normalized spacial score (nSPS) is 13.4. The van der Waals surface area contributed by atoms with Gasteiger partial charge in [0.25, 0.3) is 6.71 Å². The zero-order valence-corrected chi connectivity index (χ0v) is 41.8. The molecule has 0 fully saturated rings.